The molecule has 1 rings (SSSR count). The highest BCUT2D eigenvalue weighted by molar-refractivity contribution is 5.88. The summed E-state index contributed by atoms with van der Waals surface area (Å²) in [6.07, 6.45) is 0. The minimum Gasteiger partial charge on any atom is -0.492 e. The molecule has 20 heavy (non-hydrogen) atoms. The molecule has 0 heterocycles. The summed E-state index contributed by atoms with van der Waals surface area (Å²) >= 11 is 0. The van der Waals surface area contributed by atoms with Crippen LogP contribution in [0.4, 0.5) is 10.5 Å². The molecule has 0 saturated carbocycles. The number of rotatable bonds is 5. The zero-order chi connectivity index (χ0) is 15.1. The summed E-state index contributed by atoms with van der Waals surface area (Å²) in [4.78, 5) is 25.5. The summed E-state index contributed by atoms with van der Waals surface area (Å²) < 4.78 is 5.52. The van der Waals surface area contributed by atoms with E-state index in [4.69, 9.17) is 4.74 Å². The van der Waals surface area contributed by atoms with E-state index in [9.17, 15) is 9.59 Å². The van der Waals surface area contributed by atoms with Crippen molar-refractivity contribution in [3.8, 4) is 5.75 Å². The van der Waals surface area contributed by atoms with Crippen molar-refractivity contribution in [2.75, 3.05) is 39.6 Å². The van der Waals surface area contributed by atoms with Crippen LogP contribution in [0.15, 0.2) is 24.3 Å². The van der Waals surface area contributed by atoms with Gasteiger partial charge in [0.25, 0.3) is 0 Å². The van der Waals surface area contributed by atoms with E-state index in [-0.39, 0.29) is 11.9 Å². The second-order valence-corrected chi connectivity index (χ2v) is 4.64. The number of ether oxygens (including phenoxy) is 1. The molecule has 0 radical (unpaired) electrons. The van der Waals surface area contributed by atoms with Crippen molar-refractivity contribution < 1.29 is 14.3 Å². The molecule has 0 aliphatic rings. The lowest BCUT2D eigenvalue weighted by Gasteiger charge is -2.15. The lowest BCUT2D eigenvalue weighted by atomic mass is 10.3. The number of nitrogens with one attached hydrogen (secondary N) is 1. The Kier molecular flexibility index (Phi) is 5.83. The Morgan fingerprint density at radius 1 is 1.15 bits per heavy atom. The van der Waals surface area contributed by atoms with E-state index in [2.05, 4.69) is 5.32 Å². The van der Waals surface area contributed by atoms with Crippen LogP contribution >= 0.6 is 0 Å². The lowest BCUT2D eigenvalue weighted by molar-refractivity contribution is -0.127. The number of anilines is 1. The van der Waals surface area contributed by atoms with E-state index >= 15 is 0 Å². The fourth-order valence-corrected chi connectivity index (χ4v) is 1.33. The first-order valence-corrected chi connectivity index (χ1v) is 6.33. The van der Waals surface area contributed by atoms with Gasteiger partial charge in [-0.1, -0.05) is 0 Å². The molecule has 1 N–H and O–H groups in total. The number of amides is 3. The fourth-order valence-electron chi connectivity index (χ4n) is 1.33. The van der Waals surface area contributed by atoms with Crippen LogP contribution < -0.4 is 10.1 Å². The van der Waals surface area contributed by atoms with Gasteiger partial charge in [0.2, 0.25) is 5.91 Å². The van der Waals surface area contributed by atoms with Gasteiger partial charge in [-0.05, 0) is 24.3 Å². The van der Waals surface area contributed by atoms with E-state index in [1.807, 2.05) is 0 Å². The number of likely N-dealkylation sites (N-methyl/N-ethyl adjacent to an activating group) is 1. The Labute approximate surface area is 119 Å². The highest BCUT2D eigenvalue weighted by atomic mass is 16.5. The minimum absolute atomic E-state index is 0.00958. The largest absolute Gasteiger partial charge is 0.492 e. The second kappa shape index (κ2) is 7.37. The molecule has 1 aromatic rings. The molecule has 0 aromatic heterocycles. The van der Waals surface area contributed by atoms with Gasteiger partial charge in [0.05, 0.1) is 6.54 Å². The summed E-state index contributed by atoms with van der Waals surface area (Å²) in [7, 11) is 5.09. The minimum atomic E-state index is -0.179. The number of carbonyl (C=O) groups excluding carboxylic acids is 2. The van der Waals surface area contributed by atoms with Gasteiger partial charge in [0.1, 0.15) is 12.4 Å². The summed E-state index contributed by atoms with van der Waals surface area (Å²) in [5.74, 6) is 0.708. The van der Waals surface area contributed by atoms with E-state index in [0.717, 1.165) is 0 Å². The Morgan fingerprint density at radius 3 is 2.25 bits per heavy atom. The van der Waals surface area contributed by atoms with Gasteiger partial charge in [0.15, 0.2) is 0 Å². The molecular weight excluding hydrogens is 258 g/mol. The van der Waals surface area contributed by atoms with Gasteiger partial charge in [-0.3, -0.25) is 4.79 Å². The summed E-state index contributed by atoms with van der Waals surface area (Å²) in [5.41, 5.74) is 0.705. The molecular formula is C14H21N3O3. The maximum absolute atomic E-state index is 11.5. The molecule has 6 nitrogen and oxygen atoms in total. The molecule has 0 bridgehead atoms. The monoisotopic (exact) mass is 279 g/mol. The Bertz CT molecular complexity index is 457. The van der Waals surface area contributed by atoms with Crippen molar-refractivity contribution in [2.45, 2.75) is 6.92 Å². The van der Waals surface area contributed by atoms with Gasteiger partial charge in [0, 0.05) is 33.8 Å². The predicted octanol–water partition coefficient (Wildman–Crippen LogP) is 1.64. The molecule has 110 valence electrons. The third-order valence-electron chi connectivity index (χ3n) is 2.74. The molecule has 0 spiro atoms. The van der Waals surface area contributed by atoms with E-state index < -0.39 is 0 Å². The van der Waals surface area contributed by atoms with E-state index in [0.29, 0.717) is 24.6 Å². The smallest absolute Gasteiger partial charge is 0.321 e. The van der Waals surface area contributed by atoms with Crippen molar-refractivity contribution in [1.82, 2.24) is 9.80 Å². The maximum atomic E-state index is 11.5. The SMILES string of the molecule is CC(=O)N(C)CCOc1ccc(NC(=O)N(C)C)cc1. The number of carbonyl (C=O) groups is 2. The van der Waals surface area contributed by atoms with Gasteiger partial charge in [-0.15, -0.1) is 0 Å². The molecule has 6 heteroatoms. The van der Waals surface area contributed by atoms with Crippen LogP contribution in [0, 0.1) is 0 Å². The van der Waals surface area contributed by atoms with Gasteiger partial charge < -0.3 is 19.9 Å². The van der Waals surface area contributed by atoms with Crippen LogP contribution in [0.2, 0.25) is 0 Å². The van der Waals surface area contributed by atoms with E-state index in [1.54, 1.807) is 50.3 Å². The first-order valence-electron chi connectivity index (χ1n) is 6.33. The molecule has 0 saturated heterocycles. The Morgan fingerprint density at radius 2 is 1.75 bits per heavy atom. The van der Waals surface area contributed by atoms with Crippen LogP contribution in [0.5, 0.6) is 5.75 Å². The van der Waals surface area contributed by atoms with Gasteiger partial charge in [-0.25, -0.2) is 4.79 Å². The molecule has 0 atom stereocenters. The molecule has 0 aliphatic carbocycles. The average Bonchev–Trinajstić information content (AvgIpc) is 2.40. The van der Waals surface area contributed by atoms with Crippen molar-refractivity contribution in [2.24, 2.45) is 0 Å². The Balaban J connectivity index is 2.43. The Hall–Kier alpha value is -2.24. The summed E-state index contributed by atoms with van der Waals surface area (Å²) in [5, 5.41) is 2.74. The van der Waals surface area contributed by atoms with Crippen molar-refractivity contribution >= 4 is 17.6 Å². The standard InChI is InChI=1S/C14H21N3O3/c1-11(18)17(4)9-10-20-13-7-5-12(6-8-13)15-14(19)16(2)3/h5-8H,9-10H2,1-4H3,(H,15,19). The third kappa shape index (κ3) is 5.17. The zero-order valence-electron chi connectivity index (χ0n) is 12.3. The summed E-state index contributed by atoms with van der Waals surface area (Å²) in [6, 6.07) is 6.91. The normalized spacial score (nSPS) is 9.80. The zero-order valence-corrected chi connectivity index (χ0v) is 12.3. The number of hydrogen-bond donors (Lipinski definition) is 1. The van der Waals surface area contributed by atoms with Gasteiger partial charge >= 0.3 is 6.03 Å². The van der Waals surface area contributed by atoms with Crippen molar-refractivity contribution in [3.63, 3.8) is 0 Å². The predicted molar refractivity (Wildman–Crippen MR) is 78.0 cm³/mol. The molecule has 0 aliphatic heterocycles. The first-order chi connectivity index (χ1) is 9.40. The fraction of sp³-hybridized carbons (Fsp3) is 0.429. The topological polar surface area (TPSA) is 61.9 Å². The maximum Gasteiger partial charge on any atom is 0.321 e. The van der Waals surface area contributed by atoms with Crippen molar-refractivity contribution in [1.29, 1.82) is 0 Å². The highest BCUT2D eigenvalue weighted by Gasteiger charge is 2.04. The number of urea groups is 1. The van der Waals surface area contributed by atoms with Crippen LogP contribution in [0.25, 0.3) is 0 Å². The number of nitrogens with zero attached hydrogens (tertiary/aromatic N) is 2. The highest BCUT2D eigenvalue weighted by Crippen LogP contribution is 2.15. The molecule has 0 fully saturated rings. The van der Waals surface area contributed by atoms with Crippen LogP contribution in [0.3, 0.4) is 0 Å². The lowest BCUT2D eigenvalue weighted by Crippen LogP contribution is -2.28. The average molecular weight is 279 g/mol. The van der Waals surface area contributed by atoms with Crippen LogP contribution in [-0.4, -0.2) is 56.0 Å². The summed E-state index contributed by atoms with van der Waals surface area (Å²) in [6.45, 7) is 2.48. The number of benzene rings is 1. The molecule has 1 aromatic carbocycles. The van der Waals surface area contributed by atoms with Crippen LogP contribution in [0.1, 0.15) is 6.92 Å². The third-order valence-corrected chi connectivity index (χ3v) is 2.74. The quantitative estimate of drug-likeness (QED) is 0.891. The first kappa shape index (κ1) is 15.8. The second-order valence-electron chi connectivity index (χ2n) is 4.64. The van der Waals surface area contributed by atoms with Gasteiger partial charge in [-0.2, -0.15) is 0 Å². The van der Waals surface area contributed by atoms with Crippen molar-refractivity contribution in [3.05, 3.63) is 24.3 Å². The van der Waals surface area contributed by atoms with Crippen LogP contribution in [-0.2, 0) is 4.79 Å². The van der Waals surface area contributed by atoms with E-state index in [1.165, 1.54) is 11.8 Å². The number of hydrogen-bond acceptors (Lipinski definition) is 3. The molecule has 3 amide bonds. The molecule has 0 unspecified atom stereocenters.